The second kappa shape index (κ2) is 28.0. The number of methoxy groups -OCH3 is 1. The number of cyclic esters (lactones) is 2. The van der Waals surface area contributed by atoms with Gasteiger partial charge in [0, 0.05) is 39.1 Å². The smallest absolute Gasteiger partial charge is 0.329 e. The fourth-order valence-electron chi connectivity index (χ4n) is 10.2. The molecule has 0 aliphatic carbocycles. The fourth-order valence-corrected chi connectivity index (χ4v) is 10.2. The quantitative estimate of drug-likeness (QED) is 0.149. The van der Waals surface area contributed by atoms with E-state index in [1.807, 2.05) is 39.5 Å². The van der Waals surface area contributed by atoms with Crippen LogP contribution in [-0.2, 0) is 54.3 Å². The second-order valence-electron chi connectivity index (χ2n) is 22.0. The Balaban J connectivity index is 1.85. The molecule has 0 radical (unpaired) electrons. The summed E-state index contributed by atoms with van der Waals surface area (Å²) in [7, 11) is 4.71. The van der Waals surface area contributed by atoms with Crippen LogP contribution in [0.15, 0.2) is 24.3 Å². The molecule has 0 aromatic heterocycles. The Labute approximate surface area is 438 Å². The van der Waals surface area contributed by atoms with Gasteiger partial charge in [0.25, 0.3) is 11.8 Å². The van der Waals surface area contributed by atoms with E-state index in [1.54, 1.807) is 57.0 Å². The number of aliphatic hydroxyl groups excluding tert-OH is 2. The van der Waals surface area contributed by atoms with Crippen molar-refractivity contribution in [3.8, 4) is 5.75 Å². The average Bonchev–Trinajstić information content (AvgIpc) is 4.03. The van der Waals surface area contributed by atoms with Crippen molar-refractivity contribution >= 4 is 47.4 Å². The maximum atomic E-state index is 14.9. The Bertz CT molecular complexity index is 2090. The van der Waals surface area contributed by atoms with Gasteiger partial charge in [0.05, 0.1) is 31.7 Å². The van der Waals surface area contributed by atoms with Crippen LogP contribution in [0.3, 0.4) is 0 Å². The van der Waals surface area contributed by atoms with Crippen LogP contribution in [0.4, 0.5) is 0 Å². The molecule has 3 heterocycles. The monoisotopic (exact) mass is 1040 g/mol. The van der Waals surface area contributed by atoms with Crippen LogP contribution in [0.25, 0.3) is 0 Å². The number of carbonyl (C=O) groups is 8. The van der Waals surface area contributed by atoms with Crippen molar-refractivity contribution in [1.82, 2.24) is 35.6 Å². The molecule has 0 spiro atoms. The van der Waals surface area contributed by atoms with E-state index in [2.05, 4.69) is 16.0 Å². The third kappa shape index (κ3) is 16.3. The van der Waals surface area contributed by atoms with Crippen LogP contribution >= 0.6 is 0 Å². The molecule has 1 aromatic carbocycles. The molecule has 0 bridgehead atoms. The molecule has 5 N–H and O–H groups in total. The maximum absolute atomic E-state index is 14.9. The number of nitrogens with one attached hydrogen (secondary N) is 3. The summed E-state index contributed by atoms with van der Waals surface area (Å²) in [6.45, 7) is 18.4. The Kier molecular flexibility index (Phi) is 23.1. The average molecular weight is 1040 g/mol. The number of likely N-dealkylation sites (tertiary alicyclic amines) is 1. The molecule has 416 valence electrons. The highest BCUT2D eigenvalue weighted by Gasteiger charge is 2.45. The van der Waals surface area contributed by atoms with Gasteiger partial charge in [-0.05, 0) is 101 Å². The zero-order valence-corrected chi connectivity index (χ0v) is 46.1. The summed E-state index contributed by atoms with van der Waals surface area (Å²) in [6.07, 6.45) is -3.22. The van der Waals surface area contributed by atoms with Gasteiger partial charge in [-0.25, -0.2) is 4.79 Å². The third-order valence-corrected chi connectivity index (χ3v) is 14.7. The van der Waals surface area contributed by atoms with Gasteiger partial charge in [0.15, 0.2) is 6.10 Å². The van der Waals surface area contributed by atoms with Crippen LogP contribution in [-0.4, -0.2) is 185 Å². The molecule has 1 aromatic rings. The normalized spacial score (nSPS) is 27.6. The minimum absolute atomic E-state index is 0.0239. The topological polar surface area (TPSA) is 254 Å². The van der Waals surface area contributed by atoms with E-state index >= 15 is 0 Å². The van der Waals surface area contributed by atoms with Crippen molar-refractivity contribution < 1.29 is 62.8 Å². The first-order valence-electron chi connectivity index (χ1n) is 26.7. The zero-order valence-electron chi connectivity index (χ0n) is 46.1. The number of amides is 6. The molecule has 3 aliphatic rings. The van der Waals surface area contributed by atoms with E-state index in [0.29, 0.717) is 50.0 Å². The molecular weight excluding hydrogens is 955 g/mol. The number of carbonyl (C=O) groups excluding carboxylic acids is 8. The number of esters is 2. The molecular formula is C54H87N7O13. The largest absolute Gasteiger partial charge is 0.497 e. The highest BCUT2D eigenvalue weighted by atomic mass is 16.6. The molecule has 74 heavy (non-hydrogen) atoms. The first-order valence-corrected chi connectivity index (χ1v) is 26.7. The third-order valence-electron chi connectivity index (χ3n) is 14.7. The van der Waals surface area contributed by atoms with Gasteiger partial charge in [-0.1, -0.05) is 73.9 Å². The molecule has 12 atom stereocenters. The Morgan fingerprint density at radius 1 is 0.892 bits per heavy atom. The number of aliphatic hydroxyl groups is 2. The van der Waals surface area contributed by atoms with Crippen LogP contribution in [0.2, 0.25) is 0 Å². The van der Waals surface area contributed by atoms with Crippen LogP contribution in [0.1, 0.15) is 126 Å². The molecule has 6 amide bonds. The van der Waals surface area contributed by atoms with E-state index < -0.39 is 126 Å². The lowest BCUT2D eigenvalue weighted by atomic mass is 9.92. The molecule has 20 heteroatoms. The number of hydrogen-bond acceptors (Lipinski definition) is 14. The van der Waals surface area contributed by atoms with Gasteiger partial charge in [-0.3, -0.25) is 38.5 Å². The summed E-state index contributed by atoms with van der Waals surface area (Å²) >= 11 is 0. The summed E-state index contributed by atoms with van der Waals surface area (Å²) in [5.74, 6) is -6.08. The van der Waals surface area contributed by atoms with Crippen molar-refractivity contribution in [1.29, 1.82) is 0 Å². The molecule has 4 rings (SSSR count). The highest BCUT2D eigenvalue weighted by Crippen LogP contribution is 2.27. The highest BCUT2D eigenvalue weighted by molar-refractivity contribution is 5.95. The number of hydrogen-bond donors (Lipinski definition) is 5. The predicted molar refractivity (Wildman–Crippen MR) is 276 cm³/mol. The van der Waals surface area contributed by atoms with E-state index in [0.717, 1.165) is 0 Å². The maximum Gasteiger partial charge on any atom is 0.329 e. The molecule has 2 unspecified atom stereocenters. The minimum Gasteiger partial charge on any atom is -0.497 e. The van der Waals surface area contributed by atoms with Crippen LogP contribution < -0.4 is 20.7 Å². The fraction of sp³-hybridized carbons (Fsp3) is 0.741. The predicted octanol–water partition coefficient (Wildman–Crippen LogP) is 2.58. The van der Waals surface area contributed by atoms with Crippen LogP contribution in [0, 0.1) is 23.7 Å². The van der Waals surface area contributed by atoms with E-state index in [-0.39, 0.29) is 50.2 Å². The van der Waals surface area contributed by atoms with E-state index in [9.17, 15) is 48.6 Å². The van der Waals surface area contributed by atoms with E-state index in [4.69, 9.17) is 14.2 Å². The lowest BCUT2D eigenvalue weighted by Gasteiger charge is -2.36. The van der Waals surface area contributed by atoms with Crippen molar-refractivity contribution in [3.63, 3.8) is 0 Å². The molecule has 20 nitrogen and oxygen atoms in total. The minimum atomic E-state index is -1.60. The second-order valence-corrected chi connectivity index (χ2v) is 22.0. The van der Waals surface area contributed by atoms with Crippen molar-refractivity contribution in [3.05, 3.63) is 29.8 Å². The van der Waals surface area contributed by atoms with Gasteiger partial charge >= 0.3 is 11.9 Å². The number of nitrogens with zero attached hydrogens (tertiary/aromatic N) is 4. The van der Waals surface area contributed by atoms with Gasteiger partial charge in [0.1, 0.15) is 42.1 Å². The molecule has 3 saturated heterocycles. The van der Waals surface area contributed by atoms with Crippen molar-refractivity contribution in [2.24, 2.45) is 23.7 Å². The van der Waals surface area contributed by atoms with Gasteiger partial charge in [0.2, 0.25) is 23.6 Å². The summed E-state index contributed by atoms with van der Waals surface area (Å²) in [4.78, 5) is 121. The summed E-state index contributed by atoms with van der Waals surface area (Å²) in [6, 6.07) is -0.431. The zero-order chi connectivity index (χ0) is 55.3. The Morgan fingerprint density at radius 2 is 1.54 bits per heavy atom. The van der Waals surface area contributed by atoms with Crippen molar-refractivity contribution in [2.45, 2.75) is 194 Å². The van der Waals surface area contributed by atoms with Gasteiger partial charge < -0.3 is 55.1 Å². The van der Waals surface area contributed by atoms with Gasteiger partial charge in [-0.2, -0.15) is 0 Å². The summed E-state index contributed by atoms with van der Waals surface area (Å²) in [5, 5.41) is 30.5. The van der Waals surface area contributed by atoms with E-state index in [1.165, 1.54) is 37.8 Å². The molecule has 3 aliphatic heterocycles. The standard InChI is InChI=1S/C54H87N7O13/c1-14-33(8)45-43(63)28-44(64)74-47(32(6)7)50(67)55-39(25-30(2)3)52(69)61-24-16-18-40(61)53(70)59(12)42(27-36-19-21-38(72-13)22-20-36)54(71)73-35(10)46(49(66)56-45)57-48(65)41(26-31(4)5)58(11)29-37-17-15-23-60(37)51(68)34(9)62/h19-22,30-35,37,39-43,45-47,62-63H,14-18,23-29H2,1-13H3,(H,55,67)(H,56,66)(H,57,65)/t33?,34-,35+,37?,39+,40+,41-,42+,43+,45+,46-,47+/m1/s1. The Hall–Kier alpha value is -5.34. The summed E-state index contributed by atoms with van der Waals surface area (Å²) in [5.41, 5.74) is 0.629. The molecule has 0 saturated carbocycles. The number of rotatable bonds is 16. The molecule has 3 fully saturated rings. The van der Waals surface area contributed by atoms with Gasteiger partial charge in [-0.15, -0.1) is 0 Å². The SMILES string of the molecule is CCC(C)[C@@H]1NC(=O)[C@H](NC(=O)[C@@H](CC(C)C)N(C)CC2CCCN2C(=O)[C@@H](C)O)[C@H](C)OC(=O)[C@H](Cc2ccc(OC)cc2)N(C)C(=O)[C@@H]2CCCN2C(=O)[C@H](CC(C)C)NC(=O)[C@H](C(C)C)OC(=O)C[C@@H]1O. The lowest BCUT2D eigenvalue weighted by Crippen LogP contribution is -2.61. The Morgan fingerprint density at radius 3 is 2.12 bits per heavy atom. The lowest BCUT2D eigenvalue weighted by molar-refractivity contribution is -0.162. The number of ether oxygens (including phenoxy) is 3. The number of likely N-dealkylation sites (N-methyl/N-ethyl adjacent to an activating group) is 2. The first kappa shape index (κ1) is 61.2. The number of benzene rings is 1. The first-order chi connectivity index (χ1) is 34.8. The van der Waals surface area contributed by atoms with Crippen LogP contribution in [0.5, 0.6) is 5.75 Å². The van der Waals surface area contributed by atoms with Crippen molar-refractivity contribution in [2.75, 3.05) is 40.8 Å². The summed E-state index contributed by atoms with van der Waals surface area (Å²) < 4.78 is 17.3. The number of fused-ring (bicyclic) bond motifs is 1.